The molecule has 0 saturated carbocycles. The number of nitrogens with one attached hydrogen (secondary N) is 2. The van der Waals surface area contributed by atoms with Crippen molar-refractivity contribution in [3.63, 3.8) is 0 Å². The molecule has 1 aromatic heterocycles. The highest BCUT2D eigenvalue weighted by Gasteiger charge is 2.32. The summed E-state index contributed by atoms with van der Waals surface area (Å²) in [5.74, 6) is 2.70. The van der Waals surface area contributed by atoms with Gasteiger partial charge in [0.2, 0.25) is 10.6 Å². The van der Waals surface area contributed by atoms with Crippen LogP contribution in [-0.4, -0.2) is 26.4 Å². The van der Waals surface area contributed by atoms with E-state index in [-0.39, 0.29) is 16.4 Å². The van der Waals surface area contributed by atoms with Crippen LogP contribution in [0.15, 0.2) is 53.6 Å². The van der Waals surface area contributed by atoms with Gasteiger partial charge in [0.15, 0.2) is 0 Å². The third-order valence-electron chi connectivity index (χ3n) is 4.38. The van der Waals surface area contributed by atoms with Crippen LogP contribution in [0.2, 0.25) is 10.0 Å². The lowest BCUT2D eigenvalue weighted by atomic mass is 9.86. The van der Waals surface area contributed by atoms with Gasteiger partial charge in [0.05, 0.1) is 12.1 Å². The highest BCUT2D eigenvalue weighted by atomic mass is 35.5. The number of hydrogen-bond donors (Lipinski definition) is 3. The second kappa shape index (κ2) is 10.1. The molecule has 2 aromatic carbocycles. The van der Waals surface area contributed by atoms with E-state index in [1.807, 2.05) is 6.07 Å². The minimum atomic E-state index is -1.23. The van der Waals surface area contributed by atoms with Crippen molar-refractivity contribution in [2.75, 3.05) is 11.3 Å². The Balaban J connectivity index is 2.07. The molecule has 1 heterocycles. The van der Waals surface area contributed by atoms with Crippen molar-refractivity contribution in [2.45, 2.75) is 11.8 Å². The number of nitrogens with two attached hydrogens (primary N) is 1. The van der Waals surface area contributed by atoms with Gasteiger partial charge in [-0.15, -0.1) is 0 Å². The average molecular weight is 485 g/mol. The number of Topliss-reactive ketones (excluding diaryl/α,β-unsaturated/α-hetero) is 1. The Hall–Kier alpha value is -3.70. The molecule has 3 rings (SSSR count). The van der Waals surface area contributed by atoms with Crippen LogP contribution in [0.1, 0.15) is 23.0 Å². The van der Waals surface area contributed by atoms with Gasteiger partial charge in [-0.3, -0.25) is 9.89 Å². The normalized spacial score (nSPS) is 12.9. The van der Waals surface area contributed by atoms with Gasteiger partial charge in [0.25, 0.3) is 5.95 Å². The molecule has 3 aromatic rings. The number of halogens is 2. The fourth-order valence-corrected chi connectivity index (χ4v) is 3.26. The van der Waals surface area contributed by atoms with Crippen LogP contribution in [0.4, 0.5) is 5.95 Å². The van der Waals surface area contributed by atoms with Crippen LogP contribution < -0.4 is 11.3 Å². The molecule has 0 amide bonds. The van der Waals surface area contributed by atoms with E-state index < -0.39 is 17.6 Å². The zero-order valence-electron chi connectivity index (χ0n) is 16.2. The summed E-state index contributed by atoms with van der Waals surface area (Å²) in [5.41, 5.74) is 3.19. The summed E-state index contributed by atoms with van der Waals surface area (Å²) >= 11 is 16.8. The van der Waals surface area contributed by atoms with Crippen molar-refractivity contribution in [3.05, 3.63) is 74.5 Å². The SMILES string of the molecule is N#CC(C(=O)/C(=N/Nc1nc(=S)[nH]n1N)C(C#N)c1ccc(Cl)cc1)c1ccc(Cl)cc1. The van der Waals surface area contributed by atoms with Crippen molar-refractivity contribution in [1.29, 1.82) is 10.5 Å². The molecule has 0 radical (unpaired) electrons. The molecule has 12 heteroatoms. The molecule has 160 valence electrons. The molecule has 9 nitrogen and oxygen atoms in total. The number of H-pyrrole nitrogens is 1. The van der Waals surface area contributed by atoms with Crippen LogP contribution in [0.3, 0.4) is 0 Å². The zero-order valence-corrected chi connectivity index (χ0v) is 18.5. The van der Waals surface area contributed by atoms with Crippen molar-refractivity contribution < 1.29 is 4.79 Å². The molecule has 32 heavy (non-hydrogen) atoms. The van der Waals surface area contributed by atoms with Gasteiger partial charge >= 0.3 is 0 Å². The monoisotopic (exact) mass is 484 g/mol. The molecule has 0 aliphatic rings. The first-order chi connectivity index (χ1) is 15.3. The fourth-order valence-electron chi connectivity index (χ4n) is 2.82. The second-order valence-corrected chi connectivity index (χ2v) is 7.68. The molecule has 2 atom stereocenters. The summed E-state index contributed by atoms with van der Waals surface area (Å²) in [5, 5.41) is 27.2. The van der Waals surface area contributed by atoms with Crippen molar-refractivity contribution in [3.8, 4) is 12.1 Å². The Morgan fingerprint density at radius 1 is 1.06 bits per heavy atom. The number of aromatic amines is 1. The molecule has 0 aliphatic heterocycles. The van der Waals surface area contributed by atoms with Gasteiger partial charge in [-0.25, -0.2) is 5.43 Å². The van der Waals surface area contributed by atoms with Gasteiger partial charge < -0.3 is 5.84 Å². The van der Waals surface area contributed by atoms with E-state index in [1.54, 1.807) is 48.5 Å². The molecule has 0 aliphatic carbocycles. The van der Waals surface area contributed by atoms with E-state index in [9.17, 15) is 15.3 Å². The highest BCUT2D eigenvalue weighted by Crippen LogP contribution is 2.26. The lowest BCUT2D eigenvalue weighted by Gasteiger charge is -2.16. The maximum atomic E-state index is 13.4. The molecule has 0 bridgehead atoms. The summed E-state index contributed by atoms with van der Waals surface area (Å²) in [7, 11) is 0. The third kappa shape index (κ3) is 5.13. The molecule has 0 spiro atoms. The smallest absolute Gasteiger partial charge is 0.261 e. The quantitative estimate of drug-likeness (QED) is 0.199. The maximum Gasteiger partial charge on any atom is 0.261 e. The number of anilines is 1. The Kier molecular flexibility index (Phi) is 7.23. The Labute approximate surface area is 197 Å². The topological polar surface area (TPSA) is 149 Å². The van der Waals surface area contributed by atoms with E-state index >= 15 is 0 Å². The van der Waals surface area contributed by atoms with E-state index in [2.05, 4.69) is 26.7 Å². The number of benzene rings is 2. The minimum absolute atomic E-state index is 0.00750. The first-order valence-electron chi connectivity index (χ1n) is 8.96. The highest BCUT2D eigenvalue weighted by molar-refractivity contribution is 7.71. The predicted octanol–water partition coefficient (Wildman–Crippen LogP) is 3.91. The van der Waals surface area contributed by atoms with Crippen molar-refractivity contribution in [1.82, 2.24) is 14.9 Å². The van der Waals surface area contributed by atoms with Gasteiger partial charge in [-0.2, -0.15) is 25.4 Å². The van der Waals surface area contributed by atoms with Crippen molar-refractivity contribution in [2.24, 2.45) is 5.10 Å². The Bertz CT molecular complexity index is 1300. The number of carbonyl (C=O) groups excluding carboxylic acids is 1. The number of rotatable bonds is 7. The van der Waals surface area contributed by atoms with Crippen LogP contribution >= 0.6 is 35.4 Å². The van der Waals surface area contributed by atoms with E-state index in [1.165, 1.54) is 0 Å². The summed E-state index contributed by atoms with van der Waals surface area (Å²) in [4.78, 5) is 18.3. The summed E-state index contributed by atoms with van der Waals surface area (Å²) < 4.78 is 0.0867. The number of carbonyl (C=O) groups is 1. The molecule has 0 fully saturated rings. The first-order valence-corrected chi connectivity index (χ1v) is 10.1. The maximum absolute atomic E-state index is 13.4. The minimum Gasteiger partial charge on any atom is -0.321 e. The van der Waals surface area contributed by atoms with E-state index in [4.69, 9.17) is 41.3 Å². The molecule has 2 unspecified atom stereocenters. The third-order valence-corrected chi connectivity index (χ3v) is 5.07. The van der Waals surface area contributed by atoms with Crippen LogP contribution in [0, 0.1) is 27.4 Å². The van der Waals surface area contributed by atoms with Crippen LogP contribution in [0.5, 0.6) is 0 Å². The first kappa shape index (κ1) is 23.0. The number of nitrogens with zero attached hydrogens (tertiary/aromatic N) is 5. The summed E-state index contributed by atoms with van der Waals surface area (Å²) in [6, 6.07) is 16.7. The molecule has 0 saturated heterocycles. The fraction of sp³-hybridized carbons (Fsp3) is 0.100. The average Bonchev–Trinajstić information content (AvgIpc) is 3.10. The van der Waals surface area contributed by atoms with Gasteiger partial charge in [0, 0.05) is 10.0 Å². The van der Waals surface area contributed by atoms with Gasteiger partial charge in [-0.05, 0) is 47.6 Å². The number of hydrogen-bond acceptors (Lipinski definition) is 8. The van der Waals surface area contributed by atoms with Crippen LogP contribution in [-0.2, 0) is 4.79 Å². The van der Waals surface area contributed by atoms with Crippen molar-refractivity contribution >= 4 is 52.9 Å². The number of nitriles is 2. The van der Waals surface area contributed by atoms with Gasteiger partial charge in [0.1, 0.15) is 17.5 Å². The number of ketones is 1. The predicted molar refractivity (Wildman–Crippen MR) is 123 cm³/mol. The lowest BCUT2D eigenvalue weighted by Crippen LogP contribution is -2.28. The zero-order chi connectivity index (χ0) is 23.3. The largest absolute Gasteiger partial charge is 0.321 e. The standard InChI is InChI=1S/C20H14Cl2N8OS/c21-13-5-1-11(2-6-13)15(9-23)17(27-28-19-26-20(32)29-30(19)25)18(31)16(10-24)12-3-7-14(22)8-4-12/h1-8,15-16H,25H2,(H2,26,28,29,32)/b27-17+. The number of aromatic nitrogens is 3. The summed E-state index contributed by atoms with van der Waals surface area (Å²) in [6.45, 7) is 0. The van der Waals surface area contributed by atoms with Gasteiger partial charge in [-0.1, -0.05) is 47.5 Å². The van der Waals surface area contributed by atoms with E-state index in [0.717, 1.165) is 4.79 Å². The lowest BCUT2D eigenvalue weighted by molar-refractivity contribution is -0.113. The molecule has 4 N–H and O–H groups in total. The Morgan fingerprint density at radius 3 is 2.00 bits per heavy atom. The molecular weight excluding hydrogens is 471 g/mol. The second-order valence-electron chi connectivity index (χ2n) is 6.42. The number of nitrogen functional groups attached to an aromatic ring is 1. The Morgan fingerprint density at radius 2 is 1.56 bits per heavy atom. The summed E-state index contributed by atoms with van der Waals surface area (Å²) in [6.07, 6.45) is 0. The van der Waals surface area contributed by atoms with Crippen LogP contribution in [0.25, 0.3) is 0 Å². The number of hydrazone groups is 1. The molecular formula is C20H14Cl2N8OS. The van der Waals surface area contributed by atoms with E-state index in [0.29, 0.717) is 21.2 Å².